The predicted molar refractivity (Wildman–Crippen MR) is 88.1 cm³/mol. The Morgan fingerprint density at radius 1 is 1.38 bits per heavy atom. The number of aromatic amines is 1. The first-order valence-corrected chi connectivity index (χ1v) is 7.86. The molecule has 0 aromatic carbocycles. The molecule has 1 aliphatic rings. The Morgan fingerprint density at radius 2 is 2.25 bits per heavy atom. The Morgan fingerprint density at radius 3 is 3.08 bits per heavy atom. The first kappa shape index (κ1) is 14.7. The van der Waals surface area contributed by atoms with Gasteiger partial charge >= 0.3 is 6.16 Å². The van der Waals surface area contributed by atoms with Crippen LogP contribution in [0.15, 0.2) is 24.7 Å². The number of anilines is 1. The minimum Gasteiger partial charge on any atom is -0.450 e. The van der Waals surface area contributed by atoms with Crippen molar-refractivity contribution in [2.24, 2.45) is 0 Å². The van der Waals surface area contributed by atoms with Crippen LogP contribution in [0, 0.1) is 0 Å². The third-order valence-electron chi connectivity index (χ3n) is 4.57. The lowest BCUT2D eigenvalue weighted by atomic mass is 10.0. The largest absolute Gasteiger partial charge is 0.506 e. The number of aromatic nitrogens is 4. The van der Waals surface area contributed by atoms with E-state index < -0.39 is 6.16 Å². The highest BCUT2D eigenvalue weighted by Crippen LogP contribution is 2.33. The molecule has 2 atom stereocenters. The van der Waals surface area contributed by atoms with Crippen LogP contribution in [0.1, 0.15) is 19.8 Å². The molecule has 3 aromatic heterocycles. The van der Waals surface area contributed by atoms with E-state index in [0.29, 0.717) is 12.2 Å². The lowest BCUT2D eigenvalue weighted by Gasteiger charge is -2.38. The maximum atomic E-state index is 10.9. The van der Waals surface area contributed by atoms with Crippen LogP contribution in [0.2, 0.25) is 0 Å². The summed E-state index contributed by atoms with van der Waals surface area (Å²) in [6.45, 7) is 2.61. The standard InChI is InChI=1S/C16H17N5O3/c1-9-2-3-11(24-16(22)23)8-21(9)15-13-10(7-19-20-15)6-18-14-12(13)4-5-17-14/h4-7,9,11,20H,2-3,8H2,1H3,(H,22,23). The van der Waals surface area contributed by atoms with E-state index in [4.69, 9.17) is 9.84 Å². The van der Waals surface area contributed by atoms with Gasteiger partial charge in [0, 0.05) is 34.6 Å². The van der Waals surface area contributed by atoms with Gasteiger partial charge in [-0.3, -0.25) is 5.10 Å². The lowest BCUT2D eigenvalue weighted by molar-refractivity contribution is 0.0426. The van der Waals surface area contributed by atoms with Crippen LogP contribution >= 0.6 is 0 Å². The van der Waals surface area contributed by atoms with Gasteiger partial charge in [0.2, 0.25) is 0 Å². The maximum absolute atomic E-state index is 10.9. The molecule has 2 unspecified atom stereocenters. The fourth-order valence-electron chi connectivity index (χ4n) is 3.39. The monoisotopic (exact) mass is 327 g/mol. The second kappa shape index (κ2) is 5.63. The van der Waals surface area contributed by atoms with E-state index in [2.05, 4.69) is 32.0 Å². The molecule has 1 saturated heterocycles. The van der Waals surface area contributed by atoms with Crippen LogP contribution in [0.25, 0.3) is 21.8 Å². The van der Waals surface area contributed by atoms with E-state index in [1.54, 1.807) is 18.6 Å². The fourth-order valence-corrected chi connectivity index (χ4v) is 3.39. The minimum absolute atomic E-state index is 0.244. The molecular formula is C16H17N5O3. The van der Waals surface area contributed by atoms with Crippen molar-refractivity contribution in [3.05, 3.63) is 24.7 Å². The van der Waals surface area contributed by atoms with Gasteiger partial charge in [0.25, 0.3) is 0 Å². The molecule has 0 amide bonds. The second-order valence-corrected chi connectivity index (χ2v) is 6.07. The van der Waals surface area contributed by atoms with Crippen LogP contribution in [0.3, 0.4) is 0 Å². The zero-order chi connectivity index (χ0) is 16.7. The normalized spacial score (nSPS) is 21.3. The van der Waals surface area contributed by atoms with E-state index in [1.807, 2.05) is 6.07 Å². The first-order valence-electron chi connectivity index (χ1n) is 7.86. The highest BCUT2D eigenvalue weighted by Gasteiger charge is 2.30. The predicted octanol–water partition coefficient (Wildman–Crippen LogP) is 2.56. The zero-order valence-electron chi connectivity index (χ0n) is 13.1. The SMILES string of the molecule is CC1CCC(OC(=O)O)CN1c1[nH]ncc2cnc3nccc3c12. The molecule has 2 N–H and O–H groups in total. The topological polar surface area (TPSA) is 104 Å². The maximum Gasteiger partial charge on any atom is 0.506 e. The zero-order valence-corrected chi connectivity index (χ0v) is 13.1. The van der Waals surface area contributed by atoms with Crippen molar-refractivity contribution in [3.8, 4) is 0 Å². The number of piperidine rings is 1. The Hall–Kier alpha value is -2.90. The van der Waals surface area contributed by atoms with Gasteiger partial charge in [0.05, 0.1) is 12.7 Å². The molecule has 0 aliphatic carbocycles. The fraction of sp³-hybridized carbons (Fsp3) is 0.375. The molecule has 0 bridgehead atoms. The lowest BCUT2D eigenvalue weighted by Crippen LogP contribution is -2.46. The average molecular weight is 327 g/mol. The van der Waals surface area contributed by atoms with Gasteiger partial charge in [-0.25, -0.2) is 14.8 Å². The molecule has 3 aromatic rings. The molecule has 4 rings (SSSR count). The summed E-state index contributed by atoms with van der Waals surface area (Å²) in [4.78, 5) is 21.6. The van der Waals surface area contributed by atoms with Crippen molar-refractivity contribution in [3.63, 3.8) is 0 Å². The highest BCUT2D eigenvalue weighted by molar-refractivity contribution is 6.10. The van der Waals surface area contributed by atoms with Gasteiger partial charge < -0.3 is 14.7 Å². The van der Waals surface area contributed by atoms with Crippen molar-refractivity contribution in [1.82, 2.24) is 20.2 Å². The third kappa shape index (κ3) is 2.40. The highest BCUT2D eigenvalue weighted by atomic mass is 16.7. The number of hydrogen-bond donors (Lipinski definition) is 2. The first-order chi connectivity index (χ1) is 11.6. The molecule has 4 heterocycles. The van der Waals surface area contributed by atoms with Gasteiger partial charge in [-0.15, -0.1) is 0 Å². The van der Waals surface area contributed by atoms with Crippen molar-refractivity contribution >= 4 is 33.8 Å². The molecule has 0 spiro atoms. The number of nitrogens with one attached hydrogen (secondary N) is 1. The molecule has 124 valence electrons. The molecule has 8 nitrogen and oxygen atoms in total. The Kier molecular flexibility index (Phi) is 3.44. The summed E-state index contributed by atoms with van der Waals surface area (Å²) in [5, 5.41) is 19.1. The summed E-state index contributed by atoms with van der Waals surface area (Å²) in [5.41, 5.74) is 0.686. The molecule has 1 fully saturated rings. The molecule has 8 heteroatoms. The van der Waals surface area contributed by atoms with Gasteiger partial charge in [-0.05, 0) is 25.8 Å². The number of H-pyrrole nitrogens is 1. The summed E-state index contributed by atoms with van der Waals surface area (Å²) < 4.78 is 4.99. The molecule has 24 heavy (non-hydrogen) atoms. The van der Waals surface area contributed by atoms with Crippen LogP contribution in [0.4, 0.5) is 10.6 Å². The van der Waals surface area contributed by atoms with E-state index in [0.717, 1.165) is 34.8 Å². The summed E-state index contributed by atoms with van der Waals surface area (Å²) in [6.07, 6.45) is 5.20. The van der Waals surface area contributed by atoms with Crippen LogP contribution in [-0.4, -0.2) is 50.1 Å². The third-order valence-corrected chi connectivity index (χ3v) is 4.57. The molecule has 0 radical (unpaired) electrons. The summed E-state index contributed by atoms with van der Waals surface area (Å²) in [7, 11) is 0. The number of carboxylic acid groups (broad SMARTS) is 1. The van der Waals surface area contributed by atoms with Gasteiger partial charge in [-0.1, -0.05) is 0 Å². The van der Waals surface area contributed by atoms with Crippen molar-refractivity contribution in [1.29, 1.82) is 0 Å². The smallest absolute Gasteiger partial charge is 0.450 e. The van der Waals surface area contributed by atoms with Crippen molar-refractivity contribution < 1.29 is 14.6 Å². The average Bonchev–Trinajstić information content (AvgIpc) is 3.04. The van der Waals surface area contributed by atoms with Crippen molar-refractivity contribution in [2.45, 2.75) is 31.9 Å². The van der Waals surface area contributed by atoms with Crippen molar-refractivity contribution in [2.75, 3.05) is 11.4 Å². The number of rotatable bonds is 2. The van der Waals surface area contributed by atoms with Crippen LogP contribution < -0.4 is 4.90 Å². The quantitative estimate of drug-likeness (QED) is 0.697. The number of carbonyl (C=O) groups is 1. The van der Waals surface area contributed by atoms with E-state index in [9.17, 15) is 4.79 Å². The molecule has 0 saturated carbocycles. The second-order valence-electron chi connectivity index (χ2n) is 6.07. The Bertz CT molecular complexity index is 909. The number of fused-ring (bicyclic) bond motifs is 3. The number of pyridine rings is 1. The van der Waals surface area contributed by atoms with E-state index in [1.165, 1.54) is 0 Å². The summed E-state index contributed by atoms with van der Waals surface area (Å²) in [6, 6.07) is 2.18. The van der Waals surface area contributed by atoms with Crippen LogP contribution in [0.5, 0.6) is 0 Å². The number of nitrogens with zero attached hydrogens (tertiary/aromatic N) is 4. The van der Waals surface area contributed by atoms with E-state index in [-0.39, 0.29) is 12.1 Å². The minimum atomic E-state index is -1.23. The summed E-state index contributed by atoms with van der Waals surface area (Å²) in [5.74, 6) is 0.846. The van der Waals surface area contributed by atoms with Gasteiger partial charge in [-0.2, -0.15) is 5.10 Å². The van der Waals surface area contributed by atoms with E-state index >= 15 is 0 Å². The van der Waals surface area contributed by atoms with Gasteiger partial charge in [0.15, 0.2) is 5.65 Å². The summed E-state index contributed by atoms with van der Waals surface area (Å²) >= 11 is 0. The number of ether oxygens (including phenoxy) is 1. The molecular weight excluding hydrogens is 310 g/mol. The van der Waals surface area contributed by atoms with Crippen LogP contribution in [-0.2, 0) is 4.74 Å². The molecule has 1 aliphatic heterocycles. The Balaban J connectivity index is 1.82. The Labute approximate surface area is 137 Å². The van der Waals surface area contributed by atoms with Gasteiger partial charge in [0.1, 0.15) is 11.9 Å². The number of hydrogen-bond acceptors (Lipinski definition) is 6.